The molecule has 1 fully saturated rings. The lowest BCUT2D eigenvalue weighted by Gasteiger charge is -2.37. The van der Waals surface area contributed by atoms with Crippen molar-refractivity contribution in [3.8, 4) is 0 Å². The van der Waals surface area contributed by atoms with Crippen molar-refractivity contribution in [1.82, 2.24) is 14.8 Å². The minimum atomic E-state index is -0.895. The van der Waals surface area contributed by atoms with Gasteiger partial charge in [-0.15, -0.1) is 0 Å². The van der Waals surface area contributed by atoms with Crippen molar-refractivity contribution in [1.29, 1.82) is 0 Å². The van der Waals surface area contributed by atoms with Crippen molar-refractivity contribution < 1.29 is 14.3 Å². The number of aromatic nitrogens is 1. The molecule has 0 radical (unpaired) electrons. The molecule has 7 heteroatoms. The summed E-state index contributed by atoms with van der Waals surface area (Å²) in [6.45, 7) is 3.62. The van der Waals surface area contributed by atoms with E-state index in [1.165, 1.54) is 12.1 Å². The summed E-state index contributed by atoms with van der Waals surface area (Å²) in [6.07, 6.45) is 1.68. The largest absolute Gasteiger partial charge is 0.480 e. The van der Waals surface area contributed by atoms with E-state index < -0.39 is 12.0 Å². The molecule has 0 spiro atoms. The average molecular weight is 402 g/mol. The predicted octanol–water partition coefficient (Wildman–Crippen LogP) is 3.90. The van der Waals surface area contributed by atoms with Gasteiger partial charge in [0, 0.05) is 60.4 Å². The highest BCUT2D eigenvalue weighted by Crippen LogP contribution is 2.30. The van der Waals surface area contributed by atoms with E-state index in [-0.39, 0.29) is 5.82 Å². The zero-order valence-corrected chi connectivity index (χ0v) is 16.0. The summed E-state index contributed by atoms with van der Waals surface area (Å²) in [4.78, 5) is 19.3. The van der Waals surface area contributed by atoms with Gasteiger partial charge in [0.1, 0.15) is 11.9 Å². The van der Waals surface area contributed by atoms with Crippen molar-refractivity contribution in [3.05, 3.63) is 70.6 Å². The fourth-order valence-electron chi connectivity index (χ4n) is 3.91. The lowest BCUT2D eigenvalue weighted by Crippen LogP contribution is -2.48. The first-order chi connectivity index (χ1) is 13.5. The molecule has 0 saturated carbocycles. The van der Waals surface area contributed by atoms with E-state index in [0.717, 1.165) is 35.6 Å². The Hall–Kier alpha value is -2.41. The molecule has 5 nitrogen and oxygen atoms in total. The second-order valence-corrected chi connectivity index (χ2v) is 7.55. The highest BCUT2D eigenvalue weighted by molar-refractivity contribution is 6.30. The summed E-state index contributed by atoms with van der Waals surface area (Å²) in [5.74, 6) is -1.24. The number of piperazine rings is 1. The maximum Gasteiger partial charge on any atom is 0.325 e. The van der Waals surface area contributed by atoms with Crippen LogP contribution >= 0.6 is 11.6 Å². The third-order valence-corrected chi connectivity index (χ3v) is 5.51. The van der Waals surface area contributed by atoms with Crippen LogP contribution in [0.25, 0.3) is 10.9 Å². The zero-order valence-electron chi connectivity index (χ0n) is 15.2. The lowest BCUT2D eigenvalue weighted by molar-refractivity contribution is -0.144. The number of fused-ring (bicyclic) bond motifs is 1. The number of rotatable bonds is 5. The molecule has 1 aliphatic heterocycles. The van der Waals surface area contributed by atoms with Crippen LogP contribution in [0.1, 0.15) is 17.2 Å². The number of carbonyl (C=O) groups is 1. The highest BCUT2D eigenvalue weighted by atomic mass is 35.5. The highest BCUT2D eigenvalue weighted by Gasteiger charge is 2.32. The van der Waals surface area contributed by atoms with E-state index in [1.807, 2.05) is 29.2 Å². The Morgan fingerprint density at radius 3 is 2.68 bits per heavy atom. The van der Waals surface area contributed by atoms with Crippen LogP contribution in [0.15, 0.2) is 48.7 Å². The Labute approximate surface area is 167 Å². The molecule has 0 bridgehead atoms. The van der Waals surface area contributed by atoms with Crippen LogP contribution in [0, 0.1) is 5.82 Å². The van der Waals surface area contributed by atoms with Crippen molar-refractivity contribution >= 4 is 28.5 Å². The van der Waals surface area contributed by atoms with Gasteiger partial charge in [-0.05, 0) is 35.9 Å². The summed E-state index contributed by atoms with van der Waals surface area (Å²) in [5.41, 5.74) is 2.43. The number of carboxylic acid groups (broad SMARTS) is 1. The Bertz CT molecular complexity index is 998. The Balaban J connectivity index is 1.48. The number of aliphatic carboxylic acids is 1. The first-order valence-electron chi connectivity index (χ1n) is 9.21. The van der Waals surface area contributed by atoms with Crippen LogP contribution in [-0.4, -0.2) is 52.0 Å². The summed E-state index contributed by atoms with van der Waals surface area (Å²) < 4.78 is 13.4. The molecule has 2 aromatic carbocycles. The van der Waals surface area contributed by atoms with E-state index in [1.54, 1.807) is 12.3 Å². The number of carboxylic acids is 1. The molecule has 0 aliphatic carbocycles. The molecule has 2 heterocycles. The summed E-state index contributed by atoms with van der Waals surface area (Å²) in [6, 6.07) is 11.4. The molecule has 4 rings (SSSR count). The summed E-state index contributed by atoms with van der Waals surface area (Å²) in [7, 11) is 0. The van der Waals surface area contributed by atoms with Gasteiger partial charge in [-0.3, -0.25) is 14.6 Å². The minimum Gasteiger partial charge on any atom is -0.480 e. The molecule has 146 valence electrons. The van der Waals surface area contributed by atoms with Gasteiger partial charge in [0.25, 0.3) is 0 Å². The van der Waals surface area contributed by atoms with Gasteiger partial charge in [-0.1, -0.05) is 23.7 Å². The van der Waals surface area contributed by atoms with Crippen molar-refractivity contribution in [2.24, 2.45) is 0 Å². The molecular formula is C21H21ClFN3O2. The van der Waals surface area contributed by atoms with Crippen LogP contribution in [0.3, 0.4) is 0 Å². The van der Waals surface area contributed by atoms with Gasteiger partial charge in [0.15, 0.2) is 0 Å². The van der Waals surface area contributed by atoms with Crippen molar-refractivity contribution in [3.63, 3.8) is 0 Å². The van der Waals surface area contributed by atoms with Crippen molar-refractivity contribution in [2.75, 3.05) is 26.2 Å². The predicted molar refractivity (Wildman–Crippen MR) is 107 cm³/mol. The fraction of sp³-hybridized carbons (Fsp3) is 0.286. The van der Waals surface area contributed by atoms with Gasteiger partial charge in [-0.25, -0.2) is 4.39 Å². The quantitative estimate of drug-likeness (QED) is 0.680. The second-order valence-electron chi connectivity index (χ2n) is 7.12. The Morgan fingerprint density at radius 2 is 1.96 bits per heavy atom. The third kappa shape index (κ3) is 3.90. The van der Waals surface area contributed by atoms with Gasteiger partial charge in [0.2, 0.25) is 0 Å². The average Bonchev–Trinajstić information content (AvgIpc) is 3.06. The minimum absolute atomic E-state index is 0.345. The van der Waals surface area contributed by atoms with Crippen LogP contribution in [0.4, 0.5) is 4.39 Å². The van der Waals surface area contributed by atoms with E-state index in [9.17, 15) is 14.3 Å². The van der Waals surface area contributed by atoms with E-state index in [4.69, 9.17) is 11.6 Å². The fourth-order valence-corrected chi connectivity index (χ4v) is 4.12. The number of halogens is 2. The van der Waals surface area contributed by atoms with Crippen LogP contribution < -0.4 is 0 Å². The number of H-pyrrole nitrogens is 1. The number of benzene rings is 2. The van der Waals surface area contributed by atoms with Gasteiger partial charge in [0.05, 0.1) is 0 Å². The number of hydrogen-bond acceptors (Lipinski definition) is 3. The van der Waals surface area contributed by atoms with Gasteiger partial charge >= 0.3 is 5.97 Å². The van der Waals surface area contributed by atoms with E-state index >= 15 is 0 Å². The van der Waals surface area contributed by atoms with Crippen LogP contribution in [0.5, 0.6) is 0 Å². The molecule has 1 aromatic heterocycles. The second kappa shape index (κ2) is 7.91. The topological polar surface area (TPSA) is 59.6 Å². The maximum atomic E-state index is 13.4. The van der Waals surface area contributed by atoms with Gasteiger partial charge in [-0.2, -0.15) is 0 Å². The molecule has 1 aliphatic rings. The smallest absolute Gasteiger partial charge is 0.325 e. The standard InChI is InChI=1S/C21H21ClFN3O2/c22-15-3-1-2-14(10-15)13-25-6-8-26(9-7-25)20(21(27)28)18-12-24-19-11-16(23)4-5-17(18)19/h1-5,10-12,20,24H,6-9,13H2,(H,27,28). The summed E-state index contributed by atoms with van der Waals surface area (Å²) >= 11 is 6.06. The SMILES string of the molecule is O=C(O)C(c1c[nH]c2cc(F)ccc12)N1CCN(Cc2cccc(Cl)c2)CC1. The summed E-state index contributed by atoms with van der Waals surface area (Å²) in [5, 5.41) is 11.4. The van der Waals surface area contributed by atoms with Crippen LogP contribution in [-0.2, 0) is 11.3 Å². The normalized spacial score (nSPS) is 17.1. The molecule has 3 aromatic rings. The van der Waals surface area contributed by atoms with Gasteiger partial charge < -0.3 is 10.1 Å². The van der Waals surface area contributed by atoms with Crippen LogP contribution in [0.2, 0.25) is 5.02 Å². The number of nitrogens with one attached hydrogen (secondary N) is 1. The van der Waals surface area contributed by atoms with Crippen molar-refractivity contribution in [2.45, 2.75) is 12.6 Å². The van der Waals surface area contributed by atoms with E-state index in [0.29, 0.717) is 24.2 Å². The molecule has 1 atom stereocenters. The monoisotopic (exact) mass is 401 g/mol. The third-order valence-electron chi connectivity index (χ3n) is 5.27. The number of nitrogens with zero attached hydrogens (tertiary/aromatic N) is 2. The number of aromatic amines is 1. The Kier molecular flexibility index (Phi) is 5.35. The molecule has 1 saturated heterocycles. The lowest BCUT2D eigenvalue weighted by atomic mass is 10.0. The molecular weight excluding hydrogens is 381 g/mol. The maximum absolute atomic E-state index is 13.4. The first-order valence-corrected chi connectivity index (χ1v) is 9.59. The van der Waals surface area contributed by atoms with E-state index in [2.05, 4.69) is 9.88 Å². The molecule has 28 heavy (non-hydrogen) atoms. The first kappa shape index (κ1) is 18.9. The molecule has 0 amide bonds. The number of hydrogen-bond donors (Lipinski definition) is 2. The Morgan fingerprint density at radius 1 is 1.18 bits per heavy atom. The molecule has 2 N–H and O–H groups in total. The zero-order chi connectivity index (χ0) is 19.7. The molecule has 1 unspecified atom stereocenters.